The number of methoxy groups -OCH3 is 2. The molecule has 1 aliphatic rings. The Kier molecular flexibility index (Phi) is 7.59. The van der Waals surface area contributed by atoms with Crippen LogP contribution in [0.25, 0.3) is 0 Å². The summed E-state index contributed by atoms with van der Waals surface area (Å²) in [6.07, 6.45) is 0.670. The van der Waals surface area contributed by atoms with Crippen LogP contribution < -0.4 is 5.32 Å². The Morgan fingerprint density at radius 3 is 2.50 bits per heavy atom. The number of anilines is 1. The molecule has 32 heavy (non-hydrogen) atoms. The highest BCUT2D eigenvalue weighted by atomic mass is 32.2. The second-order valence-corrected chi connectivity index (χ2v) is 9.82. The molecule has 0 atom stereocenters. The third-order valence-electron chi connectivity index (χ3n) is 5.07. The minimum atomic E-state index is -3.92. The Balaban J connectivity index is 1.62. The Labute approximate surface area is 189 Å². The van der Waals surface area contributed by atoms with Crippen LogP contribution in [-0.4, -0.2) is 62.9 Å². The second-order valence-electron chi connectivity index (χ2n) is 7.05. The molecule has 1 fully saturated rings. The summed E-state index contributed by atoms with van der Waals surface area (Å²) in [6.45, 7) is 0.281. The van der Waals surface area contributed by atoms with Gasteiger partial charge in [0, 0.05) is 24.4 Å². The zero-order valence-corrected chi connectivity index (χ0v) is 19.2. The van der Waals surface area contributed by atoms with Crippen molar-refractivity contribution in [1.29, 1.82) is 0 Å². The number of thiazole rings is 1. The first-order chi connectivity index (χ1) is 15.3. The van der Waals surface area contributed by atoms with E-state index in [-0.39, 0.29) is 41.8 Å². The number of nitrogens with zero attached hydrogens (tertiary/aromatic N) is 2. The van der Waals surface area contributed by atoms with Gasteiger partial charge >= 0.3 is 11.9 Å². The normalized spacial score (nSPS) is 15.2. The molecule has 1 amide bonds. The molecular weight excluding hydrogens is 458 g/mol. The molecule has 3 rings (SSSR count). The Morgan fingerprint density at radius 2 is 1.84 bits per heavy atom. The lowest BCUT2D eigenvalue weighted by atomic mass is 9.97. The summed E-state index contributed by atoms with van der Waals surface area (Å²) in [5.41, 5.74) is 0.476. The highest BCUT2D eigenvalue weighted by Gasteiger charge is 2.34. The first-order valence-corrected chi connectivity index (χ1v) is 12.1. The molecule has 10 nitrogen and oxygen atoms in total. The Hall–Kier alpha value is -2.83. The van der Waals surface area contributed by atoms with Crippen molar-refractivity contribution in [2.45, 2.75) is 24.2 Å². The lowest BCUT2D eigenvalue weighted by Gasteiger charge is -2.30. The summed E-state index contributed by atoms with van der Waals surface area (Å²) in [7, 11) is -1.44. The van der Waals surface area contributed by atoms with Crippen LogP contribution in [0.1, 0.15) is 28.9 Å². The molecule has 0 saturated carbocycles. The number of rotatable bonds is 7. The van der Waals surface area contributed by atoms with Crippen molar-refractivity contribution in [1.82, 2.24) is 9.29 Å². The van der Waals surface area contributed by atoms with Gasteiger partial charge in [0.15, 0.2) is 5.13 Å². The number of amides is 1. The molecule has 2 heterocycles. The average molecular weight is 482 g/mol. The summed E-state index contributed by atoms with van der Waals surface area (Å²) in [5.74, 6) is -1.79. The molecular formula is C20H23N3O7S2. The van der Waals surface area contributed by atoms with E-state index >= 15 is 0 Å². The van der Waals surface area contributed by atoms with Crippen molar-refractivity contribution in [3.05, 3.63) is 40.9 Å². The van der Waals surface area contributed by atoms with Crippen molar-refractivity contribution in [3.63, 3.8) is 0 Å². The number of hydrogen-bond acceptors (Lipinski definition) is 9. The van der Waals surface area contributed by atoms with E-state index in [0.29, 0.717) is 23.7 Å². The number of carbonyl (C=O) groups excluding carboxylic acids is 3. The molecule has 2 aromatic rings. The summed E-state index contributed by atoms with van der Waals surface area (Å²) in [5, 5.41) is 4.77. The van der Waals surface area contributed by atoms with Crippen molar-refractivity contribution >= 4 is 44.3 Å². The molecule has 1 N–H and O–H groups in total. The largest absolute Gasteiger partial charge is 0.469 e. The molecule has 0 aliphatic carbocycles. The Morgan fingerprint density at radius 1 is 1.16 bits per heavy atom. The van der Waals surface area contributed by atoms with E-state index in [2.05, 4.69) is 19.8 Å². The summed E-state index contributed by atoms with van der Waals surface area (Å²) < 4.78 is 36.7. The maximum Gasteiger partial charge on any atom is 0.339 e. The first kappa shape index (κ1) is 23.8. The third-order valence-corrected chi connectivity index (χ3v) is 7.83. The molecule has 1 aromatic heterocycles. The molecule has 1 aliphatic heterocycles. The highest BCUT2D eigenvalue weighted by Crippen LogP contribution is 2.27. The van der Waals surface area contributed by atoms with E-state index in [9.17, 15) is 22.8 Å². The smallest absolute Gasteiger partial charge is 0.339 e. The van der Waals surface area contributed by atoms with Crippen LogP contribution in [0.5, 0.6) is 0 Å². The van der Waals surface area contributed by atoms with E-state index in [0.717, 1.165) is 0 Å². The molecule has 1 saturated heterocycles. The standard InChI is InChI=1S/C20H23N3O7S2/c1-29-17(24)11-14-12-31-20(21-14)22-18(25)13-7-9-23(10-8-13)32(27,28)16-6-4-3-5-15(16)19(26)30-2/h3-6,12-13H,7-11H2,1-2H3,(H,21,22,25). The number of piperidine rings is 1. The number of hydrogen-bond donors (Lipinski definition) is 1. The minimum absolute atomic E-state index is 0.0200. The molecule has 1 aromatic carbocycles. The second kappa shape index (κ2) is 10.2. The number of sulfonamides is 1. The summed E-state index contributed by atoms with van der Waals surface area (Å²) >= 11 is 1.20. The van der Waals surface area contributed by atoms with Gasteiger partial charge in [-0.2, -0.15) is 4.31 Å². The molecule has 0 bridgehead atoms. The molecule has 0 spiro atoms. The van der Waals surface area contributed by atoms with Crippen molar-refractivity contribution < 1.29 is 32.3 Å². The summed E-state index contributed by atoms with van der Waals surface area (Å²) in [6, 6.07) is 5.88. The van der Waals surface area contributed by atoms with Crippen LogP contribution in [0.4, 0.5) is 5.13 Å². The zero-order valence-electron chi connectivity index (χ0n) is 17.6. The van der Waals surface area contributed by atoms with Gasteiger partial charge in [0.1, 0.15) is 0 Å². The fraction of sp³-hybridized carbons (Fsp3) is 0.400. The number of carbonyl (C=O) groups is 3. The van der Waals surface area contributed by atoms with E-state index < -0.39 is 22.0 Å². The van der Waals surface area contributed by atoms with Crippen molar-refractivity contribution in [2.75, 3.05) is 32.6 Å². The Bertz CT molecular complexity index is 1110. The number of ether oxygens (including phenoxy) is 2. The van der Waals surface area contributed by atoms with Gasteiger partial charge < -0.3 is 14.8 Å². The van der Waals surface area contributed by atoms with Crippen LogP contribution in [0.2, 0.25) is 0 Å². The van der Waals surface area contributed by atoms with Gasteiger partial charge in [-0.25, -0.2) is 18.2 Å². The van der Waals surface area contributed by atoms with Crippen LogP contribution >= 0.6 is 11.3 Å². The van der Waals surface area contributed by atoms with Crippen LogP contribution in [-0.2, 0) is 35.5 Å². The lowest BCUT2D eigenvalue weighted by molar-refractivity contribution is -0.139. The van der Waals surface area contributed by atoms with Gasteiger partial charge in [0.05, 0.1) is 36.8 Å². The number of benzene rings is 1. The lowest BCUT2D eigenvalue weighted by Crippen LogP contribution is -2.41. The maximum absolute atomic E-state index is 13.1. The average Bonchev–Trinajstić information content (AvgIpc) is 3.24. The van der Waals surface area contributed by atoms with Gasteiger partial charge in [-0.15, -0.1) is 11.3 Å². The fourth-order valence-electron chi connectivity index (χ4n) is 3.34. The van der Waals surface area contributed by atoms with Crippen LogP contribution in [0.15, 0.2) is 34.5 Å². The van der Waals surface area contributed by atoms with E-state index in [1.807, 2.05) is 0 Å². The molecule has 0 unspecified atom stereocenters. The minimum Gasteiger partial charge on any atom is -0.469 e. The van der Waals surface area contributed by atoms with Gasteiger partial charge in [-0.3, -0.25) is 9.59 Å². The summed E-state index contributed by atoms with van der Waals surface area (Å²) in [4.78, 5) is 40.0. The monoisotopic (exact) mass is 481 g/mol. The fourth-order valence-corrected chi connectivity index (χ4v) is 5.70. The van der Waals surface area contributed by atoms with Crippen molar-refractivity contribution in [3.8, 4) is 0 Å². The maximum atomic E-state index is 13.1. The topological polar surface area (TPSA) is 132 Å². The third kappa shape index (κ3) is 5.31. The highest BCUT2D eigenvalue weighted by molar-refractivity contribution is 7.89. The SMILES string of the molecule is COC(=O)Cc1csc(NC(=O)C2CCN(S(=O)(=O)c3ccccc3C(=O)OC)CC2)n1. The molecule has 12 heteroatoms. The van der Waals surface area contributed by atoms with Gasteiger partial charge in [0.2, 0.25) is 15.9 Å². The first-order valence-electron chi connectivity index (χ1n) is 9.75. The van der Waals surface area contributed by atoms with E-state index in [4.69, 9.17) is 0 Å². The van der Waals surface area contributed by atoms with Gasteiger partial charge in [-0.05, 0) is 25.0 Å². The van der Waals surface area contributed by atoms with Crippen LogP contribution in [0.3, 0.4) is 0 Å². The number of aromatic nitrogens is 1. The van der Waals surface area contributed by atoms with Crippen LogP contribution in [0, 0.1) is 5.92 Å². The molecule has 172 valence electrons. The zero-order chi connectivity index (χ0) is 23.3. The van der Waals surface area contributed by atoms with Gasteiger partial charge in [-0.1, -0.05) is 12.1 Å². The quantitative estimate of drug-likeness (QED) is 0.591. The number of nitrogens with one attached hydrogen (secondary N) is 1. The van der Waals surface area contributed by atoms with E-state index in [1.165, 1.54) is 42.0 Å². The predicted molar refractivity (Wildman–Crippen MR) is 116 cm³/mol. The van der Waals surface area contributed by atoms with E-state index in [1.54, 1.807) is 17.5 Å². The predicted octanol–water partition coefficient (Wildman–Crippen LogP) is 1.68. The van der Waals surface area contributed by atoms with Crippen molar-refractivity contribution in [2.24, 2.45) is 5.92 Å². The number of esters is 2. The molecule has 0 radical (unpaired) electrons. The van der Waals surface area contributed by atoms with Gasteiger partial charge in [0.25, 0.3) is 0 Å².